The molecular weight excluding hydrogens is 239 g/mol. The van der Waals surface area contributed by atoms with Crippen LogP contribution in [0.4, 0.5) is 0 Å². The van der Waals surface area contributed by atoms with Crippen LogP contribution in [0.1, 0.15) is 51.6 Å². The zero-order valence-corrected chi connectivity index (χ0v) is 13.6. The van der Waals surface area contributed by atoms with Crippen molar-refractivity contribution in [3.05, 3.63) is 41.2 Å². The monoisotopic (exact) mass is 266 g/mol. The smallest absolute Gasteiger partial charge is 0.650 e. The zero-order valence-electron chi connectivity index (χ0n) is 13.6. The van der Waals surface area contributed by atoms with Crippen LogP contribution in [0.15, 0.2) is 30.3 Å². The molecule has 1 aliphatic heterocycles. The summed E-state index contributed by atoms with van der Waals surface area (Å²) < 4.78 is 0. The molecule has 0 saturated carbocycles. The molecule has 2 nitrogen and oxygen atoms in total. The molecule has 0 N–H and O–H groups in total. The molecule has 0 unspecified atom stereocenters. The Hall–Kier alpha value is -0.263. The number of likely N-dealkylation sites (tertiary alicyclic amines) is 1. The predicted molar refractivity (Wildman–Crippen MR) is 82.6 cm³/mol. The standard InChI is InChI=1S/C17H27N2.Li/c1-17(2,3)18-16(15-10-6-4-7-11-15)14-19-12-8-5-9-13-19;/h4,6-7,10-11,16H,5,8-9,12-14H2,1-3H3;/q-1;+1/t16-;/m0./s1. The molecule has 1 heterocycles. The maximum Gasteiger partial charge on any atom is 1.00 e. The summed E-state index contributed by atoms with van der Waals surface area (Å²) in [7, 11) is 0. The van der Waals surface area contributed by atoms with Gasteiger partial charge < -0.3 is 10.2 Å². The van der Waals surface area contributed by atoms with Crippen molar-refractivity contribution in [1.29, 1.82) is 0 Å². The zero-order chi connectivity index (χ0) is 13.7. The van der Waals surface area contributed by atoms with E-state index in [4.69, 9.17) is 5.32 Å². The number of piperidine rings is 1. The molecule has 2 rings (SSSR count). The molecule has 20 heavy (non-hydrogen) atoms. The van der Waals surface area contributed by atoms with Gasteiger partial charge in [0.1, 0.15) is 0 Å². The van der Waals surface area contributed by atoms with Crippen molar-refractivity contribution in [3.8, 4) is 0 Å². The number of hydrogen-bond acceptors (Lipinski definition) is 1. The molecule has 0 bridgehead atoms. The van der Waals surface area contributed by atoms with Gasteiger partial charge in [0.2, 0.25) is 0 Å². The van der Waals surface area contributed by atoms with Crippen LogP contribution in [0, 0.1) is 0 Å². The summed E-state index contributed by atoms with van der Waals surface area (Å²) in [4.78, 5) is 2.58. The maximum atomic E-state index is 5.03. The van der Waals surface area contributed by atoms with Gasteiger partial charge in [0.05, 0.1) is 0 Å². The molecule has 0 amide bonds. The third kappa shape index (κ3) is 6.02. The number of benzene rings is 1. The van der Waals surface area contributed by atoms with E-state index in [1.54, 1.807) is 0 Å². The van der Waals surface area contributed by atoms with E-state index in [1.807, 2.05) is 0 Å². The van der Waals surface area contributed by atoms with Crippen LogP contribution in [0.3, 0.4) is 0 Å². The average Bonchev–Trinajstić information content (AvgIpc) is 2.39. The second-order valence-corrected chi connectivity index (χ2v) is 6.59. The van der Waals surface area contributed by atoms with Crippen LogP contribution >= 0.6 is 0 Å². The molecule has 1 fully saturated rings. The third-order valence-corrected chi connectivity index (χ3v) is 3.61. The second-order valence-electron chi connectivity index (χ2n) is 6.59. The molecule has 0 spiro atoms. The van der Waals surface area contributed by atoms with E-state index in [9.17, 15) is 0 Å². The SMILES string of the molecule is CC(C)(C)[N-][C@@H](CN1CCCCC1)c1ccccc1.[Li+]. The first-order valence-corrected chi connectivity index (χ1v) is 7.54. The van der Waals surface area contributed by atoms with Crippen molar-refractivity contribution in [3.63, 3.8) is 0 Å². The van der Waals surface area contributed by atoms with Crippen molar-refractivity contribution in [2.75, 3.05) is 19.6 Å². The second kappa shape index (κ2) is 8.25. The number of hydrogen-bond donors (Lipinski definition) is 0. The van der Waals surface area contributed by atoms with Crippen LogP contribution in [0.2, 0.25) is 0 Å². The summed E-state index contributed by atoms with van der Waals surface area (Å²) in [5.74, 6) is 0. The summed E-state index contributed by atoms with van der Waals surface area (Å²) >= 11 is 0. The van der Waals surface area contributed by atoms with Crippen LogP contribution in [-0.4, -0.2) is 30.1 Å². The normalized spacial score (nSPS) is 18.4. The van der Waals surface area contributed by atoms with E-state index in [-0.39, 0.29) is 24.4 Å². The molecule has 1 saturated heterocycles. The first-order chi connectivity index (χ1) is 9.04. The van der Waals surface area contributed by atoms with E-state index >= 15 is 0 Å². The third-order valence-electron chi connectivity index (χ3n) is 3.61. The fourth-order valence-corrected chi connectivity index (χ4v) is 2.75. The summed E-state index contributed by atoms with van der Waals surface area (Å²) in [6.07, 6.45) is 4.08. The van der Waals surface area contributed by atoms with Gasteiger partial charge in [0.25, 0.3) is 0 Å². The minimum absolute atomic E-state index is 0. The fourth-order valence-electron chi connectivity index (χ4n) is 2.75. The molecule has 106 valence electrons. The van der Waals surface area contributed by atoms with Crippen molar-refractivity contribution >= 4 is 0 Å². The molecule has 0 aliphatic carbocycles. The van der Waals surface area contributed by atoms with Gasteiger partial charge in [-0.1, -0.05) is 69.1 Å². The van der Waals surface area contributed by atoms with E-state index in [1.165, 1.54) is 37.9 Å². The predicted octanol–water partition coefficient (Wildman–Crippen LogP) is 1.39. The van der Waals surface area contributed by atoms with E-state index in [2.05, 4.69) is 56.0 Å². The Kier molecular flexibility index (Phi) is 7.33. The quantitative estimate of drug-likeness (QED) is 0.753. The van der Waals surface area contributed by atoms with Crippen molar-refractivity contribution in [2.45, 2.75) is 51.6 Å². The van der Waals surface area contributed by atoms with Gasteiger partial charge in [0.15, 0.2) is 0 Å². The Morgan fingerprint density at radius 3 is 2.20 bits per heavy atom. The summed E-state index contributed by atoms with van der Waals surface area (Å²) in [5.41, 5.74) is 1.37. The van der Waals surface area contributed by atoms with E-state index in [0.717, 1.165) is 6.54 Å². The van der Waals surface area contributed by atoms with Crippen LogP contribution in [0.25, 0.3) is 5.32 Å². The number of nitrogens with zero attached hydrogens (tertiary/aromatic N) is 2. The first kappa shape index (κ1) is 17.8. The topological polar surface area (TPSA) is 17.3 Å². The average molecular weight is 266 g/mol. The van der Waals surface area contributed by atoms with Gasteiger partial charge in [-0.3, -0.25) is 0 Å². The van der Waals surface area contributed by atoms with Gasteiger partial charge in [-0.05, 0) is 32.5 Å². The van der Waals surface area contributed by atoms with Crippen molar-refractivity contribution in [1.82, 2.24) is 4.90 Å². The van der Waals surface area contributed by atoms with Crippen molar-refractivity contribution < 1.29 is 18.9 Å². The van der Waals surface area contributed by atoms with Gasteiger partial charge in [-0.25, -0.2) is 0 Å². The minimum atomic E-state index is 0. The van der Waals surface area contributed by atoms with Crippen LogP contribution < -0.4 is 18.9 Å². The minimum Gasteiger partial charge on any atom is -0.650 e. The fraction of sp³-hybridized carbons (Fsp3) is 0.647. The Morgan fingerprint density at radius 1 is 1.05 bits per heavy atom. The van der Waals surface area contributed by atoms with Gasteiger partial charge in [-0.2, -0.15) is 0 Å². The summed E-state index contributed by atoms with van der Waals surface area (Å²) in [6.45, 7) is 10.1. The Labute approximate surface area is 136 Å². The Balaban J connectivity index is 0.00000200. The van der Waals surface area contributed by atoms with Crippen molar-refractivity contribution in [2.24, 2.45) is 0 Å². The molecule has 1 atom stereocenters. The van der Waals surface area contributed by atoms with E-state index < -0.39 is 0 Å². The van der Waals surface area contributed by atoms with Gasteiger partial charge in [0, 0.05) is 0 Å². The van der Waals surface area contributed by atoms with Gasteiger partial charge in [-0.15, -0.1) is 5.54 Å². The number of rotatable bonds is 4. The molecule has 1 aliphatic rings. The Morgan fingerprint density at radius 2 is 1.65 bits per heavy atom. The summed E-state index contributed by atoms with van der Waals surface area (Å²) in [6, 6.07) is 11.1. The molecular formula is C17H27LiN2. The van der Waals surface area contributed by atoms with E-state index in [0.29, 0.717) is 6.04 Å². The molecule has 3 heteroatoms. The van der Waals surface area contributed by atoms with Crippen LogP contribution in [-0.2, 0) is 0 Å². The van der Waals surface area contributed by atoms with Gasteiger partial charge >= 0.3 is 18.9 Å². The summed E-state index contributed by atoms with van der Waals surface area (Å²) in [5, 5.41) is 5.03. The molecule has 0 aromatic heterocycles. The Bertz CT molecular complexity index is 366. The van der Waals surface area contributed by atoms with Crippen LogP contribution in [0.5, 0.6) is 0 Å². The maximum absolute atomic E-state index is 5.03. The molecule has 1 aromatic rings. The largest absolute Gasteiger partial charge is 1.00 e. The first-order valence-electron chi connectivity index (χ1n) is 7.54. The molecule has 1 aromatic carbocycles. The molecule has 0 radical (unpaired) electrons.